The number of nitrogens with zero attached hydrogens (tertiary/aromatic N) is 4. The number of para-hydroxylation sites is 1. The van der Waals surface area contributed by atoms with Gasteiger partial charge in [-0.2, -0.15) is 0 Å². The Labute approximate surface area is 186 Å². The van der Waals surface area contributed by atoms with Crippen molar-refractivity contribution < 1.29 is 4.79 Å². The summed E-state index contributed by atoms with van der Waals surface area (Å²) in [5.41, 5.74) is 7.49. The molecule has 162 valence electrons. The number of fused-ring (bicyclic) bond motifs is 1. The minimum Gasteiger partial charge on any atom is -0.345 e. The molecule has 2 aromatic rings. The van der Waals surface area contributed by atoms with Crippen molar-refractivity contribution in [3.63, 3.8) is 0 Å². The molecule has 0 spiro atoms. The molecule has 0 radical (unpaired) electrons. The number of benzene rings is 1. The van der Waals surface area contributed by atoms with Crippen molar-refractivity contribution in [1.29, 1.82) is 0 Å². The zero-order valence-corrected chi connectivity index (χ0v) is 19.0. The van der Waals surface area contributed by atoms with E-state index in [4.69, 9.17) is 10.7 Å². The van der Waals surface area contributed by atoms with Crippen LogP contribution in [0.2, 0.25) is 0 Å². The molecule has 30 heavy (non-hydrogen) atoms. The normalized spacial score (nSPS) is 27.0. The van der Waals surface area contributed by atoms with Gasteiger partial charge in [-0.15, -0.1) is 11.8 Å². The van der Waals surface area contributed by atoms with Crippen LogP contribution >= 0.6 is 23.1 Å². The van der Waals surface area contributed by atoms with Crippen molar-refractivity contribution in [3.05, 3.63) is 24.3 Å². The van der Waals surface area contributed by atoms with Crippen molar-refractivity contribution in [1.82, 2.24) is 14.8 Å². The second-order valence-electron chi connectivity index (χ2n) is 8.72. The Morgan fingerprint density at radius 3 is 2.53 bits per heavy atom. The third-order valence-corrected chi connectivity index (χ3v) is 9.05. The second kappa shape index (κ2) is 9.02. The molecular formula is C22H31N5OS2. The number of rotatable bonds is 4. The highest BCUT2D eigenvalue weighted by atomic mass is 32.2. The number of carbonyl (C=O) groups excluding carboxylic acids is 1. The van der Waals surface area contributed by atoms with E-state index in [1.807, 2.05) is 16.7 Å². The first-order valence-corrected chi connectivity index (χ1v) is 13.1. The van der Waals surface area contributed by atoms with Gasteiger partial charge in [-0.3, -0.25) is 9.69 Å². The fourth-order valence-corrected chi connectivity index (χ4v) is 7.07. The van der Waals surface area contributed by atoms with Gasteiger partial charge in [0.05, 0.1) is 22.1 Å². The van der Waals surface area contributed by atoms with Gasteiger partial charge >= 0.3 is 0 Å². The summed E-state index contributed by atoms with van der Waals surface area (Å²) in [6.07, 6.45) is 4.50. The van der Waals surface area contributed by atoms with Gasteiger partial charge in [-0.1, -0.05) is 23.5 Å². The predicted octanol–water partition coefficient (Wildman–Crippen LogP) is 2.84. The quantitative estimate of drug-likeness (QED) is 0.781. The maximum absolute atomic E-state index is 12.6. The van der Waals surface area contributed by atoms with E-state index in [-0.39, 0.29) is 11.9 Å². The van der Waals surface area contributed by atoms with E-state index in [2.05, 4.69) is 34.1 Å². The number of carbonyl (C=O) groups is 1. The van der Waals surface area contributed by atoms with Gasteiger partial charge in [-0.25, -0.2) is 4.98 Å². The number of aromatic nitrogens is 1. The molecule has 3 fully saturated rings. The van der Waals surface area contributed by atoms with E-state index < -0.39 is 0 Å². The molecule has 0 unspecified atom stereocenters. The van der Waals surface area contributed by atoms with Crippen LogP contribution in [0.1, 0.15) is 25.7 Å². The standard InChI is InChI=1S/C22H31N5OS2/c23-20(21(28)27-13-14-29-15-27)16-5-7-17(8-6-16)25-9-11-26(12-10-25)22-24-18-3-1-2-4-19(18)30-22/h1-4,16-17,20H,5-15,23H2/t16-,17+,20-/m0/s1. The van der Waals surface area contributed by atoms with Crippen LogP contribution in [0, 0.1) is 5.92 Å². The van der Waals surface area contributed by atoms with E-state index in [1.54, 1.807) is 11.3 Å². The largest absolute Gasteiger partial charge is 0.345 e. The maximum Gasteiger partial charge on any atom is 0.240 e. The molecule has 6 nitrogen and oxygen atoms in total. The molecule has 1 aromatic carbocycles. The lowest BCUT2D eigenvalue weighted by molar-refractivity contribution is -0.132. The van der Waals surface area contributed by atoms with Crippen molar-refractivity contribution >= 4 is 44.4 Å². The summed E-state index contributed by atoms with van der Waals surface area (Å²) in [5, 5.41) is 1.16. The number of piperazine rings is 1. The first kappa shape index (κ1) is 20.5. The molecule has 2 N–H and O–H groups in total. The molecule has 1 saturated carbocycles. The van der Waals surface area contributed by atoms with Crippen LogP contribution in [-0.4, -0.2) is 77.1 Å². The summed E-state index contributed by atoms with van der Waals surface area (Å²) in [7, 11) is 0. The van der Waals surface area contributed by atoms with Crippen LogP contribution in [0.25, 0.3) is 10.2 Å². The fourth-order valence-electron chi connectivity index (χ4n) is 5.10. The molecule has 2 aliphatic heterocycles. The molecule has 1 aromatic heterocycles. The SMILES string of the molecule is N[C@H](C(=O)N1CCSC1)[C@H]1CC[C@@H](N2CCN(c3nc4ccccc4s3)CC2)CC1. The fraction of sp³-hybridized carbons (Fsp3) is 0.636. The van der Waals surface area contributed by atoms with Crippen molar-refractivity contribution in [2.45, 2.75) is 37.8 Å². The van der Waals surface area contributed by atoms with E-state index in [0.717, 1.165) is 67.8 Å². The average molecular weight is 446 g/mol. The van der Waals surface area contributed by atoms with E-state index in [9.17, 15) is 4.79 Å². The molecule has 0 bridgehead atoms. The molecule has 1 amide bonds. The zero-order valence-electron chi connectivity index (χ0n) is 17.4. The van der Waals surface area contributed by atoms with Gasteiger partial charge in [0.15, 0.2) is 5.13 Å². The second-order valence-corrected chi connectivity index (χ2v) is 10.8. The molecule has 1 aliphatic carbocycles. The first-order valence-electron chi connectivity index (χ1n) is 11.2. The Balaban J connectivity index is 1.11. The van der Waals surface area contributed by atoms with Gasteiger partial charge < -0.3 is 15.5 Å². The highest BCUT2D eigenvalue weighted by molar-refractivity contribution is 7.99. The van der Waals surface area contributed by atoms with E-state index in [1.165, 1.54) is 17.5 Å². The summed E-state index contributed by atoms with van der Waals surface area (Å²) >= 11 is 3.63. The van der Waals surface area contributed by atoms with Crippen molar-refractivity contribution in [3.8, 4) is 0 Å². The van der Waals surface area contributed by atoms with Gasteiger partial charge in [0, 0.05) is 44.5 Å². The highest BCUT2D eigenvalue weighted by Crippen LogP contribution is 2.33. The lowest BCUT2D eigenvalue weighted by Gasteiger charge is -2.42. The minimum absolute atomic E-state index is 0.174. The van der Waals surface area contributed by atoms with Crippen molar-refractivity contribution in [2.24, 2.45) is 11.7 Å². The van der Waals surface area contributed by atoms with Crippen LogP contribution in [0.15, 0.2) is 24.3 Å². The Morgan fingerprint density at radius 1 is 1.07 bits per heavy atom. The lowest BCUT2D eigenvalue weighted by Crippen LogP contribution is -2.53. The van der Waals surface area contributed by atoms with Crippen LogP contribution in [0.3, 0.4) is 0 Å². The summed E-state index contributed by atoms with van der Waals surface area (Å²) < 4.78 is 1.27. The van der Waals surface area contributed by atoms with Crippen molar-refractivity contribution in [2.75, 3.05) is 49.3 Å². The molecule has 2 saturated heterocycles. The molecule has 1 atom stereocenters. The van der Waals surface area contributed by atoms with Gasteiger partial charge in [0.2, 0.25) is 5.91 Å². The summed E-state index contributed by atoms with van der Waals surface area (Å²) in [4.78, 5) is 24.5. The first-order chi connectivity index (χ1) is 14.7. The Morgan fingerprint density at radius 2 is 1.83 bits per heavy atom. The molecule has 3 aliphatic rings. The lowest BCUT2D eigenvalue weighted by atomic mass is 9.80. The maximum atomic E-state index is 12.6. The number of anilines is 1. The predicted molar refractivity (Wildman–Crippen MR) is 126 cm³/mol. The topological polar surface area (TPSA) is 65.7 Å². The van der Waals surface area contributed by atoms with Crippen LogP contribution in [0.4, 0.5) is 5.13 Å². The number of nitrogens with two attached hydrogens (primary N) is 1. The van der Waals surface area contributed by atoms with Crippen LogP contribution < -0.4 is 10.6 Å². The summed E-state index contributed by atoms with van der Waals surface area (Å²) in [5.74, 6) is 2.39. The number of amides is 1. The molecule has 3 heterocycles. The van der Waals surface area contributed by atoms with Gasteiger partial charge in [-0.05, 0) is 43.7 Å². The number of hydrogen-bond acceptors (Lipinski definition) is 7. The number of hydrogen-bond donors (Lipinski definition) is 1. The Hall–Kier alpha value is -1.35. The molecular weight excluding hydrogens is 414 g/mol. The van der Waals surface area contributed by atoms with E-state index in [0.29, 0.717) is 12.0 Å². The zero-order chi connectivity index (χ0) is 20.5. The van der Waals surface area contributed by atoms with Gasteiger partial charge in [0.1, 0.15) is 0 Å². The number of thiazole rings is 1. The third kappa shape index (κ3) is 4.20. The summed E-state index contributed by atoms with van der Waals surface area (Å²) in [6, 6.07) is 8.74. The van der Waals surface area contributed by atoms with E-state index >= 15 is 0 Å². The highest BCUT2D eigenvalue weighted by Gasteiger charge is 2.35. The molecule has 8 heteroatoms. The van der Waals surface area contributed by atoms with Crippen LogP contribution in [-0.2, 0) is 4.79 Å². The molecule has 5 rings (SSSR count). The Kier molecular flexibility index (Phi) is 6.18. The summed E-state index contributed by atoms with van der Waals surface area (Å²) in [6.45, 7) is 5.16. The van der Waals surface area contributed by atoms with Crippen LogP contribution in [0.5, 0.6) is 0 Å². The Bertz CT molecular complexity index is 834. The smallest absolute Gasteiger partial charge is 0.240 e. The minimum atomic E-state index is -0.305. The van der Waals surface area contributed by atoms with Gasteiger partial charge in [0.25, 0.3) is 0 Å². The monoisotopic (exact) mass is 445 g/mol. The third-order valence-electron chi connectivity index (χ3n) is 6.98. The average Bonchev–Trinajstić information content (AvgIpc) is 3.48. The number of thioether (sulfide) groups is 1.